The average molecular weight is 410 g/mol. The van der Waals surface area contributed by atoms with Gasteiger partial charge in [-0.3, -0.25) is 4.79 Å². The van der Waals surface area contributed by atoms with Crippen molar-refractivity contribution in [2.24, 2.45) is 17.6 Å². The number of ether oxygens (including phenoxy) is 2. The zero-order valence-corrected chi connectivity index (χ0v) is 16.5. The van der Waals surface area contributed by atoms with Gasteiger partial charge in [-0.1, -0.05) is 5.21 Å². The predicted octanol–water partition coefficient (Wildman–Crippen LogP) is 1.21. The first-order valence-electron chi connectivity index (χ1n) is 9.70. The van der Waals surface area contributed by atoms with E-state index >= 15 is 0 Å². The normalized spacial score (nSPS) is 18.4. The Morgan fingerprint density at radius 2 is 2.03 bits per heavy atom. The number of aromatic nitrogens is 5. The number of rotatable bonds is 7. The summed E-state index contributed by atoms with van der Waals surface area (Å²) in [5.74, 6) is 0.847. The summed E-state index contributed by atoms with van der Waals surface area (Å²) in [7, 11) is 1.31. The van der Waals surface area contributed by atoms with Gasteiger partial charge in [-0.25, -0.2) is 14.8 Å². The Bertz CT molecular complexity index is 1060. The maximum atomic E-state index is 11.4. The number of nitrogens with zero attached hydrogens (tertiary/aromatic N) is 5. The Morgan fingerprint density at radius 1 is 1.23 bits per heavy atom. The smallest absolute Gasteiger partial charge is 0.343 e. The van der Waals surface area contributed by atoms with E-state index in [0.29, 0.717) is 35.1 Å². The second kappa shape index (κ2) is 8.44. The third-order valence-electron chi connectivity index (χ3n) is 5.32. The van der Waals surface area contributed by atoms with Crippen LogP contribution in [-0.4, -0.2) is 50.6 Å². The standard InChI is InChI=1S/C20H22N6O4/c1-29-18(27)11-30-15-6-4-14(5-7-15)26-20-16(24-25-26)10-22-17(23-20)9-12-2-3-13(8-12)19(21)28/h4-7,10,12-13H,2-3,8-9,11H2,1H3,(H2,21,28)/t12-,13-/m1/s1. The number of amides is 1. The minimum Gasteiger partial charge on any atom is -0.482 e. The van der Waals surface area contributed by atoms with E-state index in [1.807, 2.05) is 0 Å². The molecule has 1 amide bonds. The predicted molar refractivity (Wildman–Crippen MR) is 106 cm³/mol. The molecule has 156 valence electrons. The molecule has 0 radical (unpaired) electrons. The van der Waals surface area contributed by atoms with Crippen molar-refractivity contribution in [2.45, 2.75) is 25.7 Å². The van der Waals surface area contributed by atoms with Gasteiger partial charge in [0.25, 0.3) is 0 Å². The first-order valence-corrected chi connectivity index (χ1v) is 9.70. The third-order valence-corrected chi connectivity index (χ3v) is 5.32. The van der Waals surface area contributed by atoms with Crippen molar-refractivity contribution in [1.82, 2.24) is 25.0 Å². The van der Waals surface area contributed by atoms with Crippen molar-refractivity contribution in [3.8, 4) is 11.4 Å². The molecule has 1 aromatic carbocycles. The lowest BCUT2D eigenvalue weighted by Crippen LogP contribution is -2.21. The van der Waals surface area contributed by atoms with Crippen LogP contribution in [0, 0.1) is 11.8 Å². The summed E-state index contributed by atoms with van der Waals surface area (Å²) in [5.41, 5.74) is 7.37. The van der Waals surface area contributed by atoms with E-state index in [1.54, 1.807) is 35.1 Å². The minimum absolute atomic E-state index is 0.0501. The van der Waals surface area contributed by atoms with Crippen molar-refractivity contribution in [1.29, 1.82) is 0 Å². The average Bonchev–Trinajstić information content (AvgIpc) is 3.39. The summed E-state index contributed by atoms with van der Waals surface area (Å²) in [4.78, 5) is 31.6. The van der Waals surface area contributed by atoms with Crippen LogP contribution in [-0.2, 0) is 20.7 Å². The maximum Gasteiger partial charge on any atom is 0.343 e. The Kier molecular flexibility index (Phi) is 5.55. The molecule has 1 saturated carbocycles. The summed E-state index contributed by atoms with van der Waals surface area (Å²) in [6.07, 6.45) is 4.90. The molecule has 2 atom stereocenters. The van der Waals surface area contributed by atoms with Gasteiger partial charge < -0.3 is 15.2 Å². The zero-order valence-electron chi connectivity index (χ0n) is 16.5. The van der Waals surface area contributed by atoms with E-state index in [-0.39, 0.29) is 18.4 Å². The minimum atomic E-state index is -0.449. The molecule has 0 unspecified atom stereocenters. The highest BCUT2D eigenvalue weighted by molar-refractivity contribution is 5.77. The first-order chi connectivity index (χ1) is 14.5. The fourth-order valence-electron chi connectivity index (χ4n) is 3.70. The van der Waals surface area contributed by atoms with E-state index < -0.39 is 5.97 Å². The van der Waals surface area contributed by atoms with Crippen LogP contribution in [0.4, 0.5) is 0 Å². The molecule has 1 aliphatic rings. The van der Waals surface area contributed by atoms with Crippen molar-refractivity contribution in [3.05, 3.63) is 36.3 Å². The Morgan fingerprint density at radius 3 is 2.73 bits per heavy atom. The van der Waals surface area contributed by atoms with Gasteiger partial charge in [0, 0.05) is 12.3 Å². The van der Waals surface area contributed by atoms with Gasteiger partial charge >= 0.3 is 5.97 Å². The molecule has 0 saturated heterocycles. The van der Waals surface area contributed by atoms with Gasteiger partial charge in [0.05, 0.1) is 19.0 Å². The summed E-state index contributed by atoms with van der Waals surface area (Å²) in [5, 5.41) is 8.31. The summed E-state index contributed by atoms with van der Waals surface area (Å²) in [6, 6.07) is 7.07. The SMILES string of the molecule is COC(=O)COc1ccc(-n2nnc3cnc(C[C@@H]4CC[C@@H](C(N)=O)C4)nc32)cc1. The van der Waals surface area contributed by atoms with Crippen LogP contribution in [0.15, 0.2) is 30.5 Å². The van der Waals surface area contributed by atoms with Crippen LogP contribution in [0.3, 0.4) is 0 Å². The molecule has 0 aliphatic heterocycles. The summed E-state index contributed by atoms with van der Waals surface area (Å²) >= 11 is 0. The lowest BCUT2D eigenvalue weighted by molar-refractivity contribution is -0.142. The number of nitrogens with two attached hydrogens (primary N) is 1. The number of carbonyl (C=O) groups excluding carboxylic acids is 2. The Labute approximate surface area is 172 Å². The fourth-order valence-corrected chi connectivity index (χ4v) is 3.70. The molecule has 3 aromatic rings. The molecular weight excluding hydrogens is 388 g/mol. The number of hydrogen-bond donors (Lipinski definition) is 1. The molecular formula is C20H22N6O4. The van der Waals surface area contributed by atoms with Gasteiger partial charge in [0.2, 0.25) is 5.91 Å². The van der Waals surface area contributed by atoms with Gasteiger partial charge in [0.15, 0.2) is 17.8 Å². The molecule has 30 heavy (non-hydrogen) atoms. The van der Waals surface area contributed by atoms with Crippen LogP contribution < -0.4 is 10.5 Å². The number of benzene rings is 1. The molecule has 0 bridgehead atoms. The second-order valence-corrected chi connectivity index (χ2v) is 7.34. The number of carbonyl (C=O) groups is 2. The third kappa shape index (κ3) is 4.22. The molecule has 1 aliphatic carbocycles. The van der Waals surface area contributed by atoms with Crippen molar-refractivity contribution in [3.63, 3.8) is 0 Å². The highest BCUT2D eigenvalue weighted by Gasteiger charge is 2.29. The molecule has 0 spiro atoms. The Hall–Kier alpha value is -3.56. The van der Waals surface area contributed by atoms with E-state index in [4.69, 9.17) is 10.5 Å². The number of fused-ring (bicyclic) bond motifs is 1. The number of esters is 1. The highest BCUT2D eigenvalue weighted by Crippen LogP contribution is 2.32. The maximum absolute atomic E-state index is 11.4. The highest BCUT2D eigenvalue weighted by atomic mass is 16.6. The van der Waals surface area contributed by atoms with E-state index in [2.05, 4.69) is 25.0 Å². The lowest BCUT2D eigenvalue weighted by atomic mass is 10.0. The number of primary amides is 1. The number of methoxy groups -OCH3 is 1. The lowest BCUT2D eigenvalue weighted by Gasteiger charge is -2.09. The molecule has 10 nitrogen and oxygen atoms in total. The van der Waals surface area contributed by atoms with Crippen LogP contribution in [0.25, 0.3) is 16.9 Å². The molecule has 2 heterocycles. The first kappa shape index (κ1) is 19.7. The Balaban J connectivity index is 1.50. The van der Waals surface area contributed by atoms with E-state index in [0.717, 1.165) is 24.9 Å². The molecule has 2 N–H and O–H groups in total. The fraction of sp³-hybridized carbons (Fsp3) is 0.400. The zero-order chi connectivity index (χ0) is 21.1. The summed E-state index contributed by atoms with van der Waals surface area (Å²) in [6.45, 7) is -0.156. The quantitative estimate of drug-likeness (QED) is 0.574. The molecule has 2 aromatic heterocycles. The monoisotopic (exact) mass is 410 g/mol. The van der Waals surface area contributed by atoms with Gasteiger partial charge in [0.1, 0.15) is 11.6 Å². The van der Waals surface area contributed by atoms with Crippen LogP contribution in [0.1, 0.15) is 25.1 Å². The molecule has 1 fully saturated rings. The topological polar surface area (TPSA) is 135 Å². The molecule has 4 rings (SSSR count). The largest absolute Gasteiger partial charge is 0.482 e. The van der Waals surface area contributed by atoms with Crippen molar-refractivity contribution in [2.75, 3.05) is 13.7 Å². The second-order valence-electron chi connectivity index (χ2n) is 7.34. The summed E-state index contributed by atoms with van der Waals surface area (Å²) < 4.78 is 11.5. The van der Waals surface area contributed by atoms with E-state index in [1.165, 1.54) is 7.11 Å². The van der Waals surface area contributed by atoms with Gasteiger partial charge in [-0.15, -0.1) is 5.10 Å². The van der Waals surface area contributed by atoms with Gasteiger partial charge in [-0.05, 0) is 49.4 Å². The van der Waals surface area contributed by atoms with Crippen LogP contribution in [0.5, 0.6) is 5.75 Å². The van der Waals surface area contributed by atoms with Crippen molar-refractivity contribution >= 4 is 23.0 Å². The number of hydrogen-bond acceptors (Lipinski definition) is 8. The van der Waals surface area contributed by atoms with E-state index in [9.17, 15) is 9.59 Å². The molecule has 10 heteroatoms. The van der Waals surface area contributed by atoms with Gasteiger partial charge in [-0.2, -0.15) is 4.68 Å². The van der Waals surface area contributed by atoms with Crippen LogP contribution in [0.2, 0.25) is 0 Å². The van der Waals surface area contributed by atoms with Crippen LogP contribution >= 0.6 is 0 Å². The van der Waals surface area contributed by atoms with Crippen molar-refractivity contribution < 1.29 is 19.1 Å².